The van der Waals surface area contributed by atoms with Crippen LogP contribution < -0.4 is 10.6 Å². The maximum atomic E-state index is 11.5. The molecule has 2 amide bonds. The minimum atomic E-state index is -0.992. The molecular weight excluding hydrogens is 244 g/mol. The summed E-state index contributed by atoms with van der Waals surface area (Å²) in [6, 6.07) is 5.98. The summed E-state index contributed by atoms with van der Waals surface area (Å²) in [7, 11) is 0. The molecule has 0 aliphatic rings. The van der Waals surface area contributed by atoms with Gasteiger partial charge in [-0.25, -0.2) is 9.59 Å². The second-order valence-corrected chi connectivity index (χ2v) is 4.14. The van der Waals surface area contributed by atoms with Gasteiger partial charge in [-0.05, 0) is 24.6 Å². The normalized spacial score (nSPS) is 11.2. The number of urea groups is 1. The number of carboxylic acids is 1. The maximum Gasteiger partial charge on any atom is 0.335 e. The largest absolute Gasteiger partial charge is 0.478 e. The van der Waals surface area contributed by atoms with Crippen LogP contribution in [0.15, 0.2) is 24.3 Å². The summed E-state index contributed by atoms with van der Waals surface area (Å²) in [6.07, 6.45) is 5.60. The smallest absolute Gasteiger partial charge is 0.335 e. The molecule has 0 spiro atoms. The van der Waals surface area contributed by atoms with Crippen molar-refractivity contribution in [1.29, 1.82) is 0 Å². The van der Waals surface area contributed by atoms with Gasteiger partial charge in [-0.1, -0.05) is 12.1 Å². The summed E-state index contributed by atoms with van der Waals surface area (Å²) in [5.74, 6) is 1.47. The zero-order valence-corrected chi connectivity index (χ0v) is 10.6. The SMILES string of the molecule is C#CCC(C)NC(=O)NCc1cccc(C(=O)O)c1. The highest BCUT2D eigenvalue weighted by Crippen LogP contribution is 2.05. The molecule has 0 bridgehead atoms. The monoisotopic (exact) mass is 260 g/mol. The molecule has 5 heteroatoms. The van der Waals surface area contributed by atoms with E-state index in [1.807, 2.05) is 6.92 Å². The Morgan fingerprint density at radius 1 is 1.47 bits per heavy atom. The van der Waals surface area contributed by atoms with E-state index in [0.717, 1.165) is 5.56 Å². The van der Waals surface area contributed by atoms with E-state index in [9.17, 15) is 9.59 Å². The molecule has 0 saturated heterocycles. The molecule has 100 valence electrons. The Labute approximate surface area is 112 Å². The molecular formula is C14H16N2O3. The third kappa shape index (κ3) is 5.13. The number of carbonyl (C=O) groups excluding carboxylic acids is 1. The van der Waals surface area contributed by atoms with Gasteiger partial charge in [0.2, 0.25) is 0 Å². The van der Waals surface area contributed by atoms with Crippen LogP contribution in [-0.4, -0.2) is 23.1 Å². The summed E-state index contributed by atoms with van der Waals surface area (Å²) in [6.45, 7) is 2.07. The second kappa shape index (κ2) is 7.07. The highest BCUT2D eigenvalue weighted by Gasteiger charge is 2.07. The molecule has 1 rings (SSSR count). The number of rotatable bonds is 5. The van der Waals surface area contributed by atoms with Crippen LogP contribution in [0.4, 0.5) is 4.79 Å². The average Bonchev–Trinajstić information content (AvgIpc) is 2.37. The lowest BCUT2D eigenvalue weighted by Crippen LogP contribution is -2.40. The predicted molar refractivity (Wildman–Crippen MR) is 71.7 cm³/mol. The number of carbonyl (C=O) groups is 2. The molecule has 0 fully saturated rings. The van der Waals surface area contributed by atoms with E-state index in [2.05, 4.69) is 16.6 Å². The van der Waals surface area contributed by atoms with Gasteiger partial charge in [0.05, 0.1) is 5.56 Å². The first-order chi connectivity index (χ1) is 9.02. The number of aromatic carboxylic acids is 1. The number of hydrogen-bond acceptors (Lipinski definition) is 2. The Balaban J connectivity index is 2.48. The van der Waals surface area contributed by atoms with E-state index in [-0.39, 0.29) is 24.2 Å². The third-order valence-electron chi connectivity index (χ3n) is 2.43. The van der Waals surface area contributed by atoms with Crippen LogP contribution in [0.2, 0.25) is 0 Å². The lowest BCUT2D eigenvalue weighted by Gasteiger charge is -2.12. The first-order valence-electron chi connectivity index (χ1n) is 5.83. The van der Waals surface area contributed by atoms with E-state index in [0.29, 0.717) is 6.42 Å². The minimum absolute atomic E-state index is 0.102. The van der Waals surface area contributed by atoms with Crippen molar-refractivity contribution in [2.75, 3.05) is 0 Å². The van der Waals surface area contributed by atoms with Crippen molar-refractivity contribution in [3.05, 3.63) is 35.4 Å². The van der Waals surface area contributed by atoms with Crippen LogP contribution in [-0.2, 0) is 6.54 Å². The molecule has 19 heavy (non-hydrogen) atoms. The van der Waals surface area contributed by atoms with E-state index < -0.39 is 5.97 Å². The van der Waals surface area contributed by atoms with Gasteiger partial charge in [-0.2, -0.15) is 0 Å². The summed E-state index contributed by atoms with van der Waals surface area (Å²) in [4.78, 5) is 22.3. The fourth-order valence-electron chi connectivity index (χ4n) is 1.50. The van der Waals surface area contributed by atoms with Crippen LogP contribution in [0.3, 0.4) is 0 Å². The van der Waals surface area contributed by atoms with Gasteiger partial charge < -0.3 is 15.7 Å². The van der Waals surface area contributed by atoms with Gasteiger partial charge in [-0.3, -0.25) is 0 Å². The van der Waals surface area contributed by atoms with Gasteiger partial charge >= 0.3 is 12.0 Å². The molecule has 0 aliphatic heterocycles. The van der Waals surface area contributed by atoms with Gasteiger partial charge in [0, 0.05) is 19.0 Å². The number of amides is 2. The molecule has 0 aliphatic carbocycles. The molecule has 1 atom stereocenters. The van der Waals surface area contributed by atoms with Gasteiger partial charge in [0.25, 0.3) is 0 Å². The van der Waals surface area contributed by atoms with Crippen molar-refractivity contribution in [3.8, 4) is 12.3 Å². The molecule has 0 radical (unpaired) electrons. The summed E-state index contributed by atoms with van der Waals surface area (Å²) < 4.78 is 0. The van der Waals surface area contributed by atoms with Crippen LogP contribution in [0.5, 0.6) is 0 Å². The highest BCUT2D eigenvalue weighted by atomic mass is 16.4. The van der Waals surface area contributed by atoms with Crippen molar-refractivity contribution in [1.82, 2.24) is 10.6 Å². The first-order valence-corrected chi connectivity index (χ1v) is 5.83. The Morgan fingerprint density at radius 2 is 2.21 bits per heavy atom. The Bertz CT molecular complexity index is 506. The standard InChI is InChI=1S/C14H16N2O3/c1-3-5-10(2)16-14(19)15-9-11-6-4-7-12(8-11)13(17)18/h1,4,6-8,10H,5,9H2,2H3,(H,17,18)(H2,15,16,19). The van der Waals surface area contributed by atoms with Crippen molar-refractivity contribution in [2.45, 2.75) is 25.9 Å². The van der Waals surface area contributed by atoms with Crippen LogP contribution in [0.25, 0.3) is 0 Å². The fraction of sp³-hybridized carbons (Fsp3) is 0.286. The van der Waals surface area contributed by atoms with E-state index in [1.54, 1.807) is 12.1 Å². The summed E-state index contributed by atoms with van der Waals surface area (Å²) >= 11 is 0. The van der Waals surface area contributed by atoms with E-state index in [4.69, 9.17) is 11.5 Å². The number of nitrogens with one attached hydrogen (secondary N) is 2. The maximum absolute atomic E-state index is 11.5. The molecule has 0 aromatic heterocycles. The topological polar surface area (TPSA) is 78.4 Å². The average molecular weight is 260 g/mol. The van der Waals surface area contributed by atoms with Crippen molar-refractivity contribution in [3.63, 3.8) is 0 Å². The molecule has 1 aromatic carbocycles. The summed E-state index contributed by atoms with van der Waals surface area (Å²) in [5.41, 5.74) is 0.917. The number of benzene rings is 1. The fourth-order valence-corrected chi connectivity index (χ4v) is 1.50. The second-order valence-electron chi connectivity index (χ2n) is 4.14. The Morgan fingerprint density at radius 3 is 2.84 bits per heavy atom. The van der Waals surface area contributed by atoms with E-state index >= 15 is 0 Å². The molecule has 0 heterocycles. The van der Waals surface area contributed by atoms with Crippen LogP contribution in [0.1, 0.15) is 29.3 Å². The van der Waals surface area contributed by atoms with Crippen LogP contribution >= 0.6 is 0 Å². The number of hydrogen-bond donors (Lipinski definition) is 3. The van der Waals surface area contributed by atoms with Crippen molar-refractivity contribution >= 4 is 12.0 Å². The molecule has 1 aromatic rings. The lowest BCUT2D eigenvalue weighted by molar-refractivity contribution is 0.0696. The first kappa shape index (κ1) is 14.6. The lowest BCUT2D eigenvalue weighted by atomic mass is 10.1. The van der Waals surface area contributed by atoms with E-state index in [1.165, 1.54) is 12.1 Å². The van der Waals surface area contributed by atoms with Crippen molar-refractivity contribution < 1.29 is 14.7 Å². The van der Waals surface area contributed by atoms with Gasteiger partial charge in [0.1, 0.15) is 0 Å². The minimum Gasteiger partial charge on any atom is -0.478 e. The number of carboxylic acid groups (broad SMARTS) is 1. The van der Waals surface area contributed by atoms with Crippen molar-refractivity contribution in [2.24, 2.45) is 0 Å². The molecule has 3 N–H and O–H groups in total. The van der Waals surface area contributed by atoms with Crippen LogP contribution in [0, 0.1) is 12.3 Å². The molecule has 0 saturated carbocycles. The summed E-state index contributed by atoms with van der Waals surface area (Å²) in [5, 5.41) is 14.2. The predicted octanol–water partition coefficient (Wildman–Crippen LogP) is 1.60. The molecule has 5 nitrogen and oxygen atoms in total. The zero-order chi connectivity index (χ0) is 14.3. The molecule has 1 unspecified atom stereocenters. The Kier molecular flexibility index (Phi) is 5.42. The quantitative estimate of drug-likeness (QED) is 0.703. The van der Waals surface area contributed by atoms with Gasteiger partial charge in [-0.15, -0.1) is 12.3 Å². The van der Waals surface area contributed by atoms with Gasteiger partial charge in [0.15, 0.2) is 0 Å². The third-order valence-corrected chi connectivity index (χ3v) is 2.43. The Hall–Kier alpha value is -2.48. The highest BCUT2D eigenvalue weighted by molar-refractivity contribution is 5.87. The zero-order valence-electron chi connectivity index (χ0n) is 10.6. The number of terminal acetylenes is 1.